The molecular formula is C27H17BrN2O4S. The molecule has 6 rings (SSSR count). The molecule has 1 aliphatic rings. The summed E-state index contributed by atoms with van der Waals surface area (Å²) in [7, 11) is 0. The highest BCUT2D eigenvalue weighted by Crippen LogP contribution is 2.42. The van der Waals surface area contributed by atoms with Crippen molar-refractivity contribution in [2.24, 2.45) is 0 Å². The number of rotatable bonds is 5. The molecule has 0 spiro atoms. The van der Waals surface area contributed by atoms with E-state index in [-0.39, 0.29) is 11.2 Å². The van der Waals surface area contributed by atoms with Crippen LogP contribution in [0, 0.1) is 0 Å². The fraction of sp³-hybridized carbons (Fsp3) is 0.0741. The zero-order chi connectivity index (χ0) is 23.9. The van der Waals surface area contributed by atoms with E-state index in [9.17, 15) is 9.59 Å². The van der Waals surface area contributed by atoms with E-state index in [1.807, 2.05) is 54.6 Å². The molecule has 1 unspecified atom stereocenters. The van der Waals surface area contributed by atoms with Crippen molar-refractivity contribution in [1.29, 1.82) is 0 Å². The molecule has 0 N–H and O–H groups in total. The number of fused-ring (bicyclic) bond motifs is 2. The maximum atomic E-state index is 13.7. The van der Waals surface area contributed by atoms with Gasteiger partial charge in [-0.15, -0.1) is 11.3 Å². The molecule has 0 saturated heterocycles. The lowest BCUT2D eigenvalue weighted by Gasteiger charge is -2.23. The van der Waals surface area contributed by atoms with Gasteiger partial charge in [0.15, 0.2) is 10.6 Å². The summed E-state index contributed by atoms with van der Waals surface area (Å²) >= 11 is 4.75. The van der Waals surface area contributed by atoms with Crippen LogP contribution in [0.15, 0.2) is 98.1 Å². The third kappa shape index (κ3) is 3.84. The van der Waals surface area contributed by atoms with Gasteiger partial charge in [-0.2, -0.15) is 0 Å². The maximum Gasteiger partial charge on any atom is 0.297 e. The van der Waals surface area contributed by atoms with E-state index in [1.165, 1.54) is 16.2 Å². The molecule has 6 nitrogen and oxygen atoms in total. The van der Waals surface area contributed by atoms with Gasteiger partial charge in [0.1, 0.15) is 17.9 Å². The molecule has 1 amide bonds. The average molecular weight is 545 g/mol. The summed E-state index contributed by atoms with van der Waals surface area (Å²) in [5, 5.41) is 2.70. The standard InChI is InChI=1S/C27H17BrN2O4S/c28-18-9-10-21-20(14-18)24(31)22-23(30(26(32)25(22)34-21)27-29-11-12-35-27)17-7-4-8-19(13-17)33-15-16-5-2-1-3-6-16/h1-14,23H,15H2. The molecule has 0 saturated carbocycles. The zero-order valence-corrected chi connectivity index (χ0v) is 20.6. The third-order valence-corrected chi connectivity index (χ3v) is 7.14. The molecule has 8 heteroatoms. The first-order valence-electron chi connectivity index (χ1n) is 10.9. The van der Waals surface area contributed by atoms with Crippen molar-refractivity contribution in [2.75, 3.05) is 4.90 Å². The van der Waals surface area contributed by atoms with Crippen molar-refractivity contribution in [3.63, 3.8) is 0 Å². The van der Waals surface area contributed by atoms with E-state index < -0.39 is 11.9 Å². The number of anilines is 1. The van der Waals surface area contributed by atoms with Crippen molar-refractivity contribution in [3.05, 3.63) is 122 Å². The summed E-state index contributed by atoms with van der Waals surface area (Å²) in [5.41, 5.74) is 2.21. The number of halogens is 1. The molecule has 3 aromatic carbocycles. The summed E-state index contributed by atoms with van der Waals surface area (Å²) in [6, 6.07) is 21.8. The number of aromatic nitrogens is 1. The Morgan fingerprint density at radius 3 is 2.69 bits per heavy atom. The van der Waals surface area contributed by atoms with Crippen LogP contribution in [0.4, 0.5) is 5.13 Å². The minimum absolute atomic E-state index is 0.0422. The highest BCUT2D eigenvalue weighted by atomic mass is 79.9. The highest BCUT2D eigenvalue weighted by molar-refractivity contribution is 9.10. The van der Waals surface area contributed by atoms with Gasteiger partial charge < -0.3 is 9.15 Å². The topological polar surface area (TPSA) is 72.6 Å². The summed E-state index contributed by atoms with van der Waals surface area (Å²) in [5.74, 6) is 0.289. The number of hydrogen-bond donors (Lipinski definition) is 0. The van der Waals surface area contributed by atoms with Crippen molar-refractivity contribution in [3.8, 4) is 5.75 Å². The Labute approximate surface area is 212 Å². The van der Waals surface area contributed by atoms with E-state index in [0.29, 0.717) is 34.0 Å². The smallest absolute Gasteiger partial charge is 0.297 e. The SMILES string of the molecule is O=C1c2oc3ccc(Br)cc3c(=O)c2C(c2cccc(OCc3ccccc3)c2)N1c1nccs1. The van der Waals surface area contributed by atoms with Crippen molar-refractivity contribution in [2.45, 2.75) is 12.6 Å². The molecule has 1 atom stereocenters. The van der Waals surface area contributed by atoms with Gasteiger partial charge >= 0.3 is 0 Å². The van der Waals surface area contributed by atoms with Crippen LogP contribution in [0.1, 0.15) is 33.3 Å². The summed E-state index contributed by atoms with van der Waals surface area (Å²) in [6.45, 7) is 0.404. The summed E-state index contributed by atoms with van der Waals surface area (Å²) < 4.78 is 12.8. The molecule has 0 aliphatic carbocycles. The Balaban J connectivity index is 1.48. The lowest BCUT2D eigenvalue weighted by atomic mass is 9.98. The second-order valence-corrected chi connectivity index (χ2v) is 9.84. The van der Waals surface area contributed by atoms with Crippen LogP contribution in [0.25, 0.3) is 11.0 Å². The highest BCUT2D eigenvalue weighted by Gasteiger charge is 2.44. The first-order valence-corrected chi connectivity index (χ1v) is 12.5. The van der Waals surface area contributed by atoms with E-state index in [0.717, 1.165) is 15.6 Å². The lowest BCUT2D eigenvalue weighted by Crippen LogP contribution is -2.29. The van der Waals surface area contributed by atoms with Gasteiger partial charge in [-0.05, 0) is 41.5 Å². The third-order valence-electron chi connectivity index (χ3n) is 5.88. The molecule has 1 aliphatic heterocycles. The molecule has 0 bridgehead atoms. The molecule has 0 fully saturated rings. The Hall–Kier alpha value is -3.75. The number of carbonyl (C=O) groups is 1. The predicted molar refractivity (Wildman–Crippen MR) is 138 cm³/mol. The number of benzene rings is 3. The maximum absolute atomic E-state index is 13.7. The molecular weight excluding hydrogens is 528 g/mol. The fourth-order valence-corrected chi connectivity index (χ4v) is 5.34. The molecule has 172 valence electrons. The number of hydrogen-bond acceptors (Lipinski definition) is 6. The molecule has 2 aromatic heterocycles. The lowest BCUT2D eigenvalue weighted by molar-refractivity contribution is 0.0971. The Kier molecular flexibility index (Phi) is 5.47. The van der Waals surface area contributed by atoms with E-state index in [1.54, 1.807) is 29.8 Å². The normalized spacial score (nSPS) is 14.9. The number of amides is 1. The first-order chi connectivity index (χ1) is 17.1. The zero-order valence-electron chi connectivity index (χ0n) is 18.2. The second kappa shape index (κ2) is 8.79. The van der Waals surface area contributed by atoms with Crippen LogP contribution >= 0.6 is 27.3 Å². The summed E-state index contributed by atoms with van der Waals surface area (Å²) in [4.78, 5) is 33.2. The van der Waals surface area contributed by atoms with Crippen LogP contribution in [0.3, 0.4) is 0 Å². The molecule has 35 heavy (non-hydrogen) atoms. The number of nitrogens with zero attached hydrogens (tertiary/aromatic N) is 2. The second-order valence-electron chi connectivity index (χ2n) is 8.05. The average Bonchev–Trinajstić information content (AvgIpc) is 3.51. The van der Waals surface area contributed by atoms with Crippen LogP contribution < -0.4 is 15.1 Å². The number of thiazole rings is 1. The van der Waals surface area contributed by atoms with Crippen molar-refractivity contribution < 1.29 is 13.9 Å². The Bertz CT molecular complexity index is 1620. The Morgan fingerprint density at radius 1 is 1.03 bits per heavy atom. The quantitative estimate of drug-likeness (QED) is 0.258. The van der Waals surface area contributed by atoms with Gasteiger partial charge in [-0.25, -0.2) is 4.98 Å². The first kappa shape index (κ1) is 21.8. The largest absolute Gasteiger partial charge is 0.489 e. The van der Waals surface area contributed by atoms with Crippen molar-refractivity contribution >= 4 is 49.3 Å². The van der Waals surface area contributed by atoms with Crippen LogP contribution in [0.2, 0.25) is 0 Å². The minimum Gasteiger partial charge on any atom is -0.489 e. The van der Waals surface area contributed by atoms with Crippen molar-refractivity contribution in [1.82, 2.24) is 4.98 Å². The van der Waals surface area contributed by atoms with Gasteiger partial charge in [0.2, 0.25) is 5.76 Å². The molecule has 5 aromatic rings. The number of carbonyl (C=O) groups excluding carboxylic acids is 1. The van der Waals surface area contributed by atoms with Gasteiger partial charge in [0, 0.05) is 16.0 Å². The fourth-order valence-electron chi connectivity index (χ4n) is 4.31. The van der Waals surface area contributed by atoms with Crippen LogP contribution in [-0.4, -0.2) is 10.9 Å². The van der Waals surface area contributed by atoms with E-state index in [2.05, 4.69) is 20.9 Å². The van der Waals surface area contributed by atoms with Gasteiger partial charge in [-0.1, -0.05) is 58.4 Å². The number of ether oxygens (including phenoxy) is 1. The molecule has 3 heterocycles. The predicted octanol–water partition coefficient (Wildman–Crippen LogP) is 6.34. The van der Waals surface area contributed by atoms with Gasteiger partial charge in [0.05, 0.1) is 17.0 Å². The van der Waals surface area contributed by atoms with E-state index >= 15 is 0 Å². The summed E-state index contributed by atoms with van der Waals surface area (Å²) in [6.07, 6.45) is 1.63. The minimum atomic E-state index is -0.691. The van der Waals surface area contributed by atoms with Crippen LogP contribution in [0.5, 0.6) is 5.75 Å². The Morgan fingerprint density at radius 2 is 1.89 bits per heavy atom. The van der Waals surface area contributed by atoms with E-state index in [4.69, 9.17) is 9.15 Å². The monoisotopic (exact) mass is 544 g/mol. The van der Waals surface area contributed by atoms with Gasteiger partial charge in [0.25, 0.3) is 5.91 Å². The molecule has 0 radical (unpaired) electrons. The van der Waals surface area contributed by atoms with Gasteiger partial charge in [-0.3, -0.25) is 14.5 Å². The van der Waals surface area contributed by atoms with Crippen LogP contribution in [-0.2, 0) is 6.61 Å².